The minimum Gasteiger partial charge on any atom is -0.834 e. The number of hydrogen-bond donors (Lipinski definition) is 0. The summed E-state index contributed by atoms with van der Waals surface area (Å²) in [6.45, 7) is 1.08. The lowest BCUT2D eigenvalue weighted by molar-refractivity contribution is -0.918. The molecule has 2 saturated carbocycles. The van der Waals surface area contributed by atoms with E-state index < -0.39 is 11.6 Å². The molecule has 3 unspecified atom stereocenters. The minimum absolute atomic E-state index is 0.197. The number of para-hydroxylation sites is 2. The second-order valence-electron chi connectivity index (χ2n) is 11.5. The van der Waals surface area contributed by atoms with Crippen LogP contribution in [0, 0.1) is 11.8 Å². The Kier molecular flexibility index (Phi) is 6.09. The molecule has 1 aliphatic heterocycles. The average Bonchev–Trinajstić information content (AvgIpc) is 3.46. The number of rotatable bonds is 7. The first-order valence-corrected chi connectivity index (χ1v) is 13.5. The Bertz CT molecular complexity index is 1240. The van der Waals surface area contributed by atoms with Crippen molar-refractivity contribution in [2.24, 2.45) is 11.8 Å². The number of carbonyl (C=O) groups is 1. The van der Waals surface area contributed by atoms with Crippen molar-refractivity contribution in [3.8, 4) is 11.5 Å². The second-order valence-corrected chi connectivity index (χ2v) is 11.5. The molecule has 5 heteroatoms. The number of carbonyl (C=O) groups excluding carboxylic acids is 1. The number of fused-ring (bicyclic) bond motifs is 4. The van der Waals surface area contributed by atoms with Crippen LogP contribution in [0.3, 0.4) is 0 Å². The monoisotopic (exact) mass is 497 g/mol. The highest BCUT2D eigenvalue weighted by Gasteiger charge is 2.56. The summed E-state index contributed by atoms with van der Waals surface area (Å²) >= 11 is 0. The van der Waals surface area contributed by atoms with Gasteiger partial charge in [0.2, 0.25) is 0 Å². The van der Waals surface area contributed by atoms with Gasteiger partial charge in [-0.25, -0.2) is 0 Å². The Morgan fingerprint density at radius 2 is 1.57 bits per heavy atom. The van der Waals surface area contributed by atoms with Crippen LogP contribution >= 0.6 is 0 Å². The van der Waals surface area contributed by atoms with Crippen LogP contribution < -0.4 is 9.84 Å². The van der Waals surface area contributed by atoms with Crippen LogP contribution in [-0.4, -0.2) is 43.2 Å². The molecule has 0 saturated heterocycles. The highest BCUT2D eigenvalue weighted by molar-refractivity contribution is 5.88. The van der Waals surface area contributed by atoms with Crippen LogP contribution in [0.5, 0.6) is 11.5 Å². The number of esters is 1. The van der Waals surface area contributed by atoms with E-state index in [4.69, 9.17) is 9.47 Å². The molecule has 37 heavy (non-hydrogen) atoms. The predicted molar refractivity (Wildman–Crippen MR) is 140 cm³/mol. The van der Waals surface area contributed by atoms with Crippen molar-refractivity contribution in [3.63, 3.8) is 0 Å². The average molecular weight is 498 g/mol. The molecule has 0 N–H and O–H groups in total. The summed E-state index contributed by atoms with van der Waals surface area (Å²) in [6.07, 6.45) is 5.15. The highest BCUT2D eigenvalue weighted by atomic mass is 16.6. The zero-order valence-corrected chi connectivity index (χ0v) is 21.6. The highest BCUT2D eigenvalue weighted by Crippen LogP contribution is 2.51. The molecule has 3 aromatic rings. The summed E-state index contributed by atoms with van der Waals surface area (Å²) in [7, 11) is 4.63. The Morgan fingerprint density at radius 1 is 0.946 bits per heavy atom. The summed E-state index contributed by atoms with van der Waals surface area (Å²) in [5, 5.41) is 14.5. The normalized spacial score (nSPS) is 25.2. The molecule has 3 aliphatic rings. The Balaban J connectivity index is 1.20. The summed E-state index contributed by atoms with van der Waals surface area (Å²) in [6, 6.07) is 25.1. The Hall–Kier alpha value is -3.15. The molecule has 0 amide bonds. The molecule has 2 bridgehead atoms. The van der Waals surface area contributed by atoms with Crippen molar-refractivity contribution in [2.45, 2.75) is 49.9 Å². The summed E-state index contributed by atoms with van der Waals surface area (Å²) in [5.41, 5.74) is -0.0986. The van der Waals surface area contributed by atoms with E-state index in [9.17, 15) is 9.90 Å². The van der Waals surface area contributed by atoms with Gasteiger partial charge >= 0.3 is 5.97 Å². The third-order valence-corrected chi connectivity index (χ3v) is 9.02. The smallest absolute Gasteiger partial charge is 0.304 e. The van der Waals surface area contributed by atoms with Crippen molar-refractivity contribution in [2.75, 3.05) is 20.6 Å². The van der Waals surface area contributed by atoms with Crippen LogP contribution in [0.4, 0.5) is 0 Å². The van der Waals surface area contributed by atoms with Gasteiger partial charge in [-0.05, 0) is 37.0 Å². The standard InChI is InChI=1S/C32H35NO4/c1-33(2,20-10-13-22-11-4-3-5-12-22)27-21-23-18-19-24(27)30(23)37-31(34)32(35)25-14-6-8-16-28(25)36-29-17-9-7-15-26(29)32/h3-9,11-12,14-17,23-24,27,30H,10,13,18-21H2,1-2H3/t23?,24?,27-,30?/m0/s1. The molecule has 2 aliphatic carbocycles. The minimum atomic E-state index is -2.14. The van der Waals surface area contributed by atoms with E-state index in [1.54, 1.807) is 36.4 Å². The summed E-state index contributed by atoms with van der Waals surface area (Å²) < 4.78 is 13.1. The van der Waals surface area contributed by atoms with Gasteiger partial charge in [0.1, 0.15) is 17.6 Å². The number of nitrogens with zero attached hydrogens (tertiary/aromatic N) is 1. The number of aryl methyl sites for hydroxylation is 1. The Morgan fingerprint density at radius 3 is 2.24 bits per heavy atom. The number of hydrogen-bond acceptors (Lipinski definition) is 4. The molecule has 1 heterocycles. The maximum Gasteiger partial charge on any atom is 0.304 e. The molecule has 3 aromatic carbocycles. The number of benzene rings is 3. The first kappa shape index (κ1) is 24.2. The van der Waals surface area contributed by atoms with E-state index in [1.165, 1.54) is 5.56 Å². The fourth-order valence-corrected chi connectivity index (χ4v) is 7.10. The Labute approximate surface area is 219 Å². The van der Waals surface area contributed by atoms with Gasteiger partial charge in [-0.1, -0.05) is 66.7 Å². The van der Waals surface area contributed by atoms with Crippen LogP contribution in [0.2, 0.25) is 0 Å². The van der Waals surface area contributed by atoms with Gasteiger partial charge in [-0.3, -0.25) is 4.79 Å². The van der Waals surface area contributed by atoms with Gasteiger partial charge in [0.15, 0.2) is 0 Å². The first-order chi connectivity index (χ1) is 17.9. The van der Waals surface area contributed by atoms with E-state index in [2.05, 4.69) is 44.4 Å². The van der Waals surface area contributed by atoms with Gasteiger partial charge in [-0.15, -0.1) is 0 Å². The van der Waals surface area contributed by atoms with Crippen molar-refractivity contribution < 1.29 is 23.9 Å². The summed E-state index contributed by atoms with van der Waals surface area (Å²) in [5.74, 6) is 0.759. The first-order valence-electron chi connectivity index (χ1n) is 13.5. The lowest BCUT2D eigenvalue weighted by atomic mass is 9.83. The molecule has 6 rings (SSSR count). The third-order valence-electron chi connectivity index (χ3n) is 9.02. The van der Waals surface area contributed by atoms with E-state index in [0.29, 0.717) is 34.6 Å². The van der Waals surface area contributed by atoms with E-state index in [-0.39, 0.29) is 12.0 Å². The second kappa shape index (κ2) is 9.30. The van der Waals surface area contributed by atoms with E-state index in [0.717, 1.165) is 43.1 Å². The van der Waals surface area contributed by atoms with Crippen LogP contribution in [-0.2, 0) is 21.6 Å². The molecule has 192 valence electrons. The zero-order valence-electron chi connectivity index (χ0n) is 21.6. The molecule has 2 fully saturated rings. The molecule has 0 spiro atoms. The molecular weight excluding hydrogens is 462 g/mol. The predicted octanol–water partition coefficient (Wildman–Crippen LogP) is 4.82. The van der Waals surface area contributed by atoms with Gasteiger partial charge in [0.25, 0.3) is 0 Å². The van der Waals surface area contributed by atoms with E-state index >= 15 is 0 Å². The van der Waals surface area contributed by atoms with E-state index in [1.807, 2.05) is 12.1 Å². The molecule has 4 atom stereocenters. The number of ether oxygens (including phenoxy) is 2. The van der Waals surface area contributed by atoms with Crippen molar-refractivity contribution >= 4 is 5.97 Å². The molecule has 5 nitrogen and oxygen atoms in total. The lowest BCUT2D eigenvalue weighted by Crippen LogP contribution is -2.54. The molecule has 0 aromatic heterocycles. The lowest BCUT2D eigenvalue weighted by Gasteiger charge is -2.44. The molecule has 0 radical (unpaired) electrons. The largest absolute Gasteiger partial charge is 0.834 e. The maximum atomic E-state index is 14.5. The summed E-state index contributed by atoms with van der Waals surface area (Å²) in [4.78, 5) is 13.8. The van der Waals surface area contributed by atoms with Gasteiger partial charge in [0, 0.05) is 41.4 Å². The van der Waals surface area contributed by atoms with Gasteiger partial charge < -0.3 is 19.1 Å². The maximum absolute atomic E-state index is 14.5. The zero-order chi connectivity index (χ0) is 25.6. The van der Waals surface area contributed by atoms with Crippen molar-refractivity contribution in [3.05, 3.63) is 95.6 Å². The van der Waals surface area contributed by atoms with Crippen LogP contribution in [0.15, 0.2) is 78.9 Å². The van der Waals surface area contributed by atoms with Gasteiger partial charge in [0.05, 0.1) is 26.7 Å². The quantitative estimate of drug-likeness (QED) is 0.347. The SMILES string of the molecule is C[N+](C)(CCCc1ccccc1)[C@H]1CC2CCC1C2OC(=O)C1([O-])c2ccccc2Oc2ccccc21. The van der Waals surface area contributed by atoms with Gasteiger partial charge in [-0.2, -0.15) is 0 Å². The van der Waals surface area contributed by atoms with Crippen molar-refractivity contribution in [1.29, 1.82) is 0 Å². The number of quaternary nitrogens is 1. The third kappa shape index (κ3) is 4.14. The van der Waals surface area contributed by atoms with Crippen molar-refractivity contribution in [1.82, 2.24) is 0 Å². The van der Waals surface area contributed by atoms with Crippen LogP contribution in [0.25, 0.3) is 0 Å². The fourth-order valence-electron chi connectivity index (χ4n) is 7.10. The fraction of sp³-hybridized carbons (Fsp3) is 0.406. The topological polar surface area (TPSA) is 58.6 Å². The molecular formula is C32H35NO4. The van der Waals surface area contributed by atoms with Crippen LogP contribution in [0.1, 0.15) is 42.4 Å².